The highest BCUT2D eigenvalue weighted by Crippen LogP contribution is 2.37. The molecule has 1 unspecified atom stereocenters. The summed E-state index contributed by atoms with van der Waals surface area (Å²) < 4.78 is 6.27. The van der Waals surface area contributed by atoms with Crippen molar-refractivity contribution in [2.45, 2.75) is 77.9 Å². The minimum Gasteiger partial charge on any atom is -0.416 e. The smallest absolute Gasteiger partial charge is 0.192 e. The third-order valence-corrected chi connectivity index (χ3v) is 8.73. The van der Waals surface area contributed by atoms with Crippen molar-refractivity contribution in [2.24, 2.45) is 5.92 Å². The Balaban J connectivity index is 4.04. The first-order valence-electron chi connectivity index (χ1n) is 7.51. The molecular weight excluding hydrogens is 236 g/mol. The Morgan fingerprint density at radius 1 is 1.17 bits per heavy atom. The summed E-state index contributed by atoms with van der Waals surface area (Å²) in [6.07, 6.45) is 8.63. The second-order valence-corrected chi connectivity index (χ2v) is 11.7. The van der Waals surface area contributed by atoms with E-state index in [1.807, 2.05) is 0 Å². The highest BCUT2D eigenvalue weighted by molar-refractivity contribution is 6.74. The van der Waals surface area contributed by atoms with Gasteiger partial charge in [-0.05, 0) is 30.5 Å². The highest BCUT2D eigenvalue weighted by Gasteiger charge is 2.37. The molecule has 0 aromatic carbocycles. The molecule has 0 spiro atoms. The second kappa shape index (κ2) is 8.16. The van der Waals surface area contributed by atoms with E-state index in [1.165, 1.54) is 32.1 Å². The van der Waals surface area contributed by atoms with Gasteiger partial charge in [-0.3, -0.25) is 0 Å². The van der Waals surface area contributed by atoms with Gasteiger partial charge in [0.05, 0.1) is 0 Å². The molecule has 108 valence electrons. The molecular formula is C16H34OSi. The lowest BCUT2D eigenvalue weighted by molar-refractivity contribution is 0.243. The summed E-state index contributed by atoms with van der Waals surface area (Å²) in [5.74, 6) is 0.538. The molecule has 0 aromatic rings. The Hall–Kier alpha value is -0.0831. The summed E-state index contributed by atoms with van der Waals surface area (Å²) in [5, 5.41) is 0.306. The van der Waals surface area contributed by atoms with E-state index in [-0.39, 0.29) is 0 Å². The van der Waals surface area contributed by atoms with E-state index >= 15 is 0 Å². The molecule has 0 saturated carbocycles. The van der Waals surface area contributed by atoms with Gasteiger partial charge in [-0.1, -0.05) is 59.5 Å². The average molecular weight is 271 g/mol. The number of rotatable bonds is 9. The van der Waals surface area contributed by atoms with Gasteiger partial charge in [-0.15, -0.1) is 6.58 Å². The van der Waals surface area contributed by atoms with Gasteiger partial charge in [0, 0.05) is 6.61 Å². The summed E-state index contributed by atoms with van der Waals surface area (Å²) in [7, 11) is -1.59. The van der Waals surface area contributed by atoms with Crippen molar-refractivity contribution in [3.8, 4) is 0 Å². The van der Waals surface area contributed by atoms with Crippen LogP contribution in [0.1, 0.15) is 59.8 Å². The van der Waals surface area contributed by atoms with E-state index in [1.54, 1.807) is 0 Å². The van der Waals surface area contributed by atoms with Crippen molar-refractivity contribution in [3.05, 3.63) is 12.7 Å². The van der Waals surface area contributed by atoms with Gasteiger partial charge in [0.2, 0.25) is 0 Å². The monoisotopic (exact) mass is 270 g/mol. The zero-order chi connectivity index (χ0) is 14.2. The van der Waals surface area contributed by atoms with Crippen LogP contribution in [-0.2, 0) is 4.43 Å². The topological polar surface area (TPSA) is 9.23 Å². The molecule has 0 heterocycles. The first-order valence-corrected chi connectivity index (χ1v) is 10.4. The first kappa shape index (κ1) is 17.9. The third kappa shape index (κ3) is 6.74. The van der Waals surface area contributed by atoms with Crippen LogP contribution in [-0.4, -0.2) is 14.9 Å². The maximum absolute atomic E-state index is 6.27. The van der Waals surface area contributed by atoms with E-state index in [4.69, 9.17) is 4.43 Å². The summed E-state index contributed by atoms with van der Waals surface area (Å²) >= 11 is 0. The van der Waals surface area contributed by atoms with Crippen LogP contribution in [0, 0.1) is 5.92 Å². The molecule has 0 N–H and O–H groups in total. The van der Waals surface area contributed by atoms with Crippen LogP contribution in [0.3, 0.4) is 0 Å². The molecule has 0 aliphatic heterocycles. The first-order chi connectivity index (χ1) is 8.24. The van der Waals surface area contributed by atoms with Gasteiger partial charge < -0.3 is 4.43 Å². The second-order valence-electron chi connectivity index (χ2n) is 6.92. The quantitative estimate of drug-likeness (QED) is 0.293. The van der Waals surface area contributed by atoms with Crippen molar-refractivity contribution in [3.63, 3.8) is 0 Å². The number of hydrogen-bond donors (Lipinski definition) is 0. The highest BCUT2D eigenvalue weighted by atomic mass is 28.4. The fraction of sp³-hybridized carbons (Fsp3) is 0.875. The third-order valence-electron chi connectivity index (χ3n) is 4.23. The summed E-state index contributed by atoms with van der Waals surface area (Å²) in [5.41, 5.74) is 0. The van der Waals surface area contributed by atoms with E-state index in [0.29, 0.717) is 11.0 Å². The zero-order valence-electron chi connectivity index (χ0n) is 13.5. The van der Waals surface area contributed by atoms with Gasteiger partial charge in [0.25, 0.3) is 0 Å². The molecule has 0 aliphatic carbocycles. The minimum absolute atomic E-state index is 0.306. The largest absolute Gasteiger partial charge is 0.416 e. The molecule has 0 radical (unpaired) electrons. The summed E-state index contributed by atoms with van der Waals surface area (Å²) in [6.45, 7) is 18.6. The molecule has 0 amide bonds. The number of hydrogen-bond acceptors (Lipinski definition) is 1. The van der Waals surface area contributed by atoms with Crippen molar-refractivity contribution < 1.29 is 4.43 Å². The maximum atomic E-state index is 6.27. The molecule has 0 rings (SSSR count). The van der Waals surface area contributed by atoms with Crippen LogP contribution >= 0.6 is 0 Å². The van der Waals surface area contributed by atoms with E-state index < -0.39 is 8.32 Å². The Kier molecular flexibility index (Phi) is 8.12. The molecule has 0 saturated heterocycles. The SMILES string of the molecule is C=CC(CCCCCC)CO[Si](C)(C)C(C)(C)C. The van der Waals surface area contributed by atoms with E-state index in [0.717, 1.165) is 6.61 Å². The van der Waals surface area contributed by atoms with Gasteiger partial charge in [0.1, 0.15) is 0 Å². The Bertz CT molecular complexity index is 228. The Morgan fingerprint density at radius 3 is 2.22 bits per heavy atom. The van der Waals surface area contributed by atoms with Crippen LogP contribution in [0.5, 0.6) is 0 Å². The van der Waals surface area contributed by atoms with Crippen LogP contribution in [0.2, 0.25) is 18.1 Å². The fourth-order valence-electron chi connectivity index (χ4n) is 1.63. The summed E-state index contributed by atoms with van der Waals surface area (Å²) in [4.78, 5) is 0. The Morgan fingerprint density at radius 2 is 1.78 bits per heavy atom. The van der Waals surface area contributed by atoms with E-state index in [9.17, 15) is 0 Å². The van der Waals surface area contributed by atoms with Crippen LogP contribution in [0.15, 0.2) is 12.7 Å². The van der Waals surface area contributed by atoms with Crippen molar-refractivity contribution in [1.29, 1.82) is 0 Å². The normalized spacial score (nSPS) is 14.6. The van der Waals surface area contributed by atoms with Gasteiger partial charge in [-0.2, -0.15) is 0 Å². The lowest BCUT2D eigenvalue weighted by atomic mass is 10.0. The molecule has 1 atom stereocenters. The lowest BCUT2D eigenvalue weighted by Gasteiger charge is -2.37. The van der Waals surface area contributed by atoms with Crippen molar-refractivity contribution >= 4 is 8.32 Å². The lowest BCUT2D eigenvalue weighted by Crippen LogP contribution is -2.41. The van der Waals surface area contributed by atoms with Crippen molar-refractivity contribution in [1.82, 2.24) is 0 Å². The molecule has 0 bridgehead atoms. The van der Waals surface area contributed by atoms with Crippen LogP contribution in [0.4, 0.5) is 0 Å². The van der Waals surface area contributed by atoms with Crippen LogP contribution in [0.25, 0.3) is 0 Å². The molecule has 1 nitrogen and oxygen atoms in total. The average Bonchev–Trinajstić information content (AvgIpc) is 2.26. The Labute approximate surface area is 116 Å². The van der Waals surface area contributed by atoms with Gasteiger partial charge >= 0.3 is 0 Å². The molecule has 0 aromatic heterocycles. The standard InChI is InChI=1S/C16H34OSi/c1-8-10-11-12-13-15(9-2)14-17-18(6,7)16(3,4)5/h9,15H,2,8,10-14H2,1,3-7H3. The van der Waals surface area contributed by atoms with Gasteiger partial charge in [-0.25, -0.2) is 0 Å². The molecule has 18 heavy (non-hydrogen) atoms. The minimum atomic E-state index is -1.59. The predicted molar refractivity (Wildman–Crippen MR) is 85.6 cm³/mol. The molecule has 0 aliphatic rings. The number of unbranched alkanes of at least 4 members (excludes halogenated alkanes) is 3. The van der Waals surface area contributed by atoms with Gasteiger partial charge in [0.15, 0.2) is 8.32 Å². The van der Waals surface area contributed by atoms with Crippen LogP contribution < -0.4 is 0 Å². The maximum Gasteiger partial charge on any atom is 0.192 e. The van der Waals surface area contributed by atoms with E-state index in [2.05, 4.69) is 53.4 Å². The fourth-order valence-corrected chi connectivity index (χ4v) is 2.70. The van der Waals surface area contributed by atoms with Crippen molar-refractivity contribution in [2.75, 3.05) is 6.61 Å². The molecule has 0 fully saturated rings. The summed E-state index contributed by atoms with van der Waals surface area (Å²) in [6, 6.07) is 0. The predicted octanol–water partition coefficient (Wildman–Crippen LogP) is 5.78. The molecule has 2 heteroatoms. The zero-order valence-corrected chi connectivity index (χ0v) is 14.5.